The molecule has 1 N–H and O–H groups in total. The summed E-state index contributed by atoms with van der Waals surface area (Å²) in [5.41, 5.74) is 0.451. The molecule has 2 aromatic rings. The van der Waals surface area contributed by atoms with Crippen LogP contribution in [0.3, 0.4) is 0 Å². The van der Waals surface area contributed by atoms with E-state index in [-0.39, 0.29) is 16.5 Å². The second-order valence-electron chi connectivity index (χ2n) is 5.34. The molecule has 3 rings (SSSR count). The van der Waals surface area contributed by atoms with Crippen molar-refractivity contribution in [1.29, 1.82) is 0 Å². The molecule has 0 atom stereocenters. The molecule has 5 nitrogen and oxygen atoms in total. The molecule has 2 aromatic carbocycles. The van der Waals surface area contributed by atoms with Crippen molar-refractivity contribution < 1.29 is 18.7 Å². The molecule has 0 saturated heterocycles. The van der Waals surface area contributed by atoms with E-state index < -0.39 is 11.7 Å². The molecule has 24 heavy (non-hydrogen) atoms. The van der Waals surface area contributed by atoms with Crippen molar-refractivity contribution in [3.63, 3.8) is 0 Å². The Morgan fingerprint density at radius 1 is 1.33 bits per heavy atom. The largest absolute Gasteiger partial charge is 0.491 e. The van der Waals surface area contributed by atoms with Crippen LogP contribution >= 0.6 is 11.6 Å². The number of anilines is 1. The maximum absolute atomic E-state index is 13.8. The third kappa shape index (κ3) is 3.05. The number of hydrogen-bond acceptors (Lipinski definition) is 3. The van der Waals surface area contributed by atoms with E-state index in [9.17, 15) is 14.0 Å². The van der Waals surface area contributed by atoms with E-state index >= 15 is 0 Å². The Bertz CT molecular complexity index is 805. The van der Waals surface area contributed by atoms with Gasteiger partial charge in [-0.3, -0.25) is 9.59 Å². The Hall–Kier alpha value is -2.60. The molecule has 1 aliphatic heterocycles. The first-order valence-corrected chi connectivity index (χ1v) is 7.63. The number of carbonyl (C=O) groups excluding carboxylic acids is 2. The first kappa shape index (κ1) is 16.3. The standard InChI is InChI=1S/C17H14ClFN2O3/c1-21-7-8-24-14-6-5-10(9-11(14)17(21)23)20-16(22)15-12(18)3-2-4-13(15)19/h2-6,9H,7-8H2,1H3,(H,20,22). The van der Waals surface area contributed by atoms with Gasteiger partial charge in [0.2, 0.25) is 0 Å². The van der Waals surface area contributed by atoms with Gasteiger partial charge >= 0.3 is 0 Å². The van der Waals surface area contributed by atoms with Crippen molar-refractivity contribution >= 4 is 29.1 Å². The Balaban J connectivity index is 1.90. The van der Waals surface area contributed by atoms with Gasteiger partial charge in [0.25, 0.3) is 11.8 Å². The SMILES string of the molecule is CN1CCOc2ccc(NC(=O)c3c(F)cccc3Cl)cc2C1=O. The molecule has 0 aliphatic carbocycles. The van der Waals surface area contributed by atoms with Gasteiger partial charge in [0.1, 0.15) is 18.2 Å². The van der Waals surface area contributed by atoms with Gasteiger partial charge in [-0.15, -0.1) is 0 Å². The highest BCUT2D eigenvalue weighted by Crippen LogP contribution is 2.27. The summed E-state index contributed by atoms with van der Waals surface area (Å²) in [5, 5.41) is 2.57. The Morgan fingerprint density at radius 2 is 2.12 bits per heavy atom. The highest BCUT2D eigenvalue weighted by atomic mass is 35.5. The molecule has 0 aromatic heterocycles. The second-order valence-corrected chi connectivity index (χ2v) is 5.74. The van der Waals surface area contributed by atoms with Crippen molar-refractivity contribution in [3.8, 4) is 5.75 Å². The topological polar surface area (TPSA) is 58.6 Å². The van der Waals surface area contributed by atoms with Crippen LogP contribution in [-0.2, 0) is 0 Å². The Morgan fingerprint density at radius 3 is 2.88 bits per heavy atom. The first-order valence-electron chi connectivity index (χ1n) is 7.25. The van der Waals surface area contributed by atoms with E-state index in [1.165, 1.54) is 23.1 Å². The summed E-state index contributed by atoms with van der Waals surface area (Å²) in [5.74, 6) is -1.16. The van der Waals surface area contributed by atoms with E-state index in [2.05, 4.69) is 5.32 Å². The van der Waals surface area contributed by atoms with Crippen LogP contribution in [0.1, 0.15) is 20.7 Å². The number of benzene rings is 2. The summed E-state index contributed by atoms with van der Waals surface area (Å²) in [6.45, 7) is 0.867. The molecule has 124 valence electrons. The molecule has 0 bridgehead atoms. The fourth-order valence-corrected chi connectivity index (χ4v) is 2.66. The molecule has 1 heterocycles. The lowest BCUT2D eigenvalue weighted by Gasteiger charge is -2.13. The van der Waals surface area contributed by atoms with Crippen LogP contribution in [0.25, 0.3) is 0 Å². The van der Waals surface area contributed by atoms with Crippen molar-refractivity contribution in [2.24, 2.45) is 0 Å². The van der Waals surface area contributed by atoms with E-state index in [1.807, 2.05) is 0 Å². The van der Waals surface area contributed by atoms with Crippen LogP contribution in [0.2, 0.25) is 5.02 Å². The van der Waals surface area contributed by atoms with E-state index in [4.69, 9.17) is 16.3 Å². The average molecular weight is 349 g/mol. The zero-order chi connectivity index (χ0) is 17.3. The average Bonchev–Trinajstić information content (AvgIpc) is 2.67. The van der Waals surface area contributed by atoms with E-state index in [0.717, 1.165) is 6.07 Å². The maximum Gasteiger partial charge on any atom is 0.260 e. The summed E-state index contributed by atoms with van der Waals surface area (Å²) >= 11 is 5.89. The Labute approximate surface area is 143 Å². The van der Waals surface area contributed by atoms with Crippen molar-refractivity contribution in [2.45, 2.75) is 0 Å². The van der Waals surface area contributed by atoms with Crippen molar-refractivity contribution in [2.75, 3.05) is 25.5 Å². The quantitative estimate of drug-likeness (QED) is 0.906. The second kappa shape index (κ2) is 6.49. The van der Waals surface area contributed by atoms with E-state index in [1.54, 1.807) is 19.2 Å². The third-order valence-electron chi connectivity index (χ3n) is 3.69. The minimum atomic E-state index is -0.714. The normalized spacial score (nSPS) is 13.8. The van der Waals surface area contributed by atoms with Gasteiger partial charge in [0.05, 0.1) is 22.7 Å². The highest BCUT2D eigenvalue weighted by molar-refractivity contribution is 6.34. The monoisotopic (exact) mass is 348 g/mol. The number of rotatable bonds is 2. The molecule has 0 saturated carbocycles. The molecule has 0 unspecified atom stereocenters. The molecule has 0 fully saturated rings. The van der Waals surface area contributed by atoms with Crippen LogP contribution in [-0.4, -0.2) is 36.9 Å². The van der Waals surface area contributed by atoms with Gasteiger partial charge in [-0.25, -0.2) is 4.39 Å². The van der Waals surface area contributed by atoms with Gasteiger partial charge in [-0.05, 0) is 30.3 Å². The number of hydrogen-bond donors (Lipinski definition) is 1. The molecule has 2 amide bonds. The molecular formula is C17H14ClFN2O3. The fourth-order valence-electron chi connectivity index (χ4n) is 2.41. The smallest absolute Gasteiger partial charge is 0.260 e. The van der Waals surface area contributed by atoms with Crippen molar-refractivity contribution in [1.82, 2.24) is 4.90 Å². The summed E-state index contributed by atoms with van der Waals surface area (Å²) < 4.78 is 19.3. The predicted octanol–water partition coefficient (Wildman–Crippen LogP) is 3.20. The van der Waals surface area contributed by atoms with Crippen LogP contribution in [0.4, 0.5) is 10.1 Å². The first-order chi connectivity index (χ1) is 11.5. The molecule has 0 spiro atoms. The predicted molar refractivity (Wildman–Crippen MR) is 88.3 cm³/mol. The minimum Gasteiger partial charge on any atom is -0.491 e. The van der Waals surface area contributed by atoms with Crippen LogP contribution in [0, 0.1) is 5.82 Å². The van der Waals surface area contributed by atoms with Gasteiger partial charge < -0.3 is 15.0 Å². The van der Waals surface area contributed by atoms with Crippen LogP contribution in [0.5, 0.6) is 5.75 Å². The number of fused-ring (bicyclic) bond motifs is 1. The molecule has 7 heteroatoms. The van der Waals surface area contributed by atoms with Crippen LogP contribution < -0.4 is 10.1 Å². The zero-order valence-electron chi connectivity index (χ0n) is 12.8. The third-order valence-corrected chi connectivity index (χ3v) is 4.00. The maximum atomic E-state index is 13.8. The lowest BCUT2D eigenvalue weighted by Crippen LogP contribution is -2.27. The number of likely N-dealkylation sites (N-methyl/N-ethyl adjacent to an activating group) is 1. The summed E-state index contributed by atoms with van der Waals surface area (Å²) in [4.78, 5) is 26.1. The van der Waals surface area contributed by atoms with Gasteiger partial charge in [0, 0.05) is 12.7 Å². The summed E-state index contributed by atoms with van der Waals surface area (Å²) in [7, 11) is 1.67. The number of nitrogens with zero attached hydrogens (tertiary/aromatic N) is 1. The van der Waals surface area contributed by atoms with Crippen LogP contribution in [0.15, 0.2) is 36.4 Å². The summed E-state index contributed by atoms with van der Waals surface area (Å²) in [6.07, 6.45) is 0. The minimum absolute atomic E-state index is 0.0152. The fraction of sp³-hybridized carbons (Fsp3) is 0.176. The lowest BCUT2D eigenvalue weighted by atomic mass is 10.1. The van der Waals surface area contributed by atoms with Gasteiger partial charge in [-0.1, -0.05) is 17.7 Å². The highest BCUT2D eigenvalue weighted by Gasteiger charge is 2.22. The molecule has 0 radical (unpaired) electrons. The number of ether oxygens (including phenoxy) is 1. The van der Waals surface area contributed by atoms with Gasteiger partial charge in [0.15, 0.2) is 0 Å². The summed E-state index contributed by atoms with van der Waals surface area (Å²) in [6, 6.07) is 8.71. The number of nitrogens with one attached hydrogen (secondary N) is 1. The Kier molecular flexibility index (Phi) is 4.40. The van der Waals surface area contributed by atoms with Gasteiger partial charge in [-0.2, -0.15) is 0 Å². The lowest BCUT2D eigenvalue weighted by molar-refractivity contribution is 0.0796. The van der Waals surface area contributed by atoms with Crippen molar-refractivity contribution in [3.05, 3.63) is 58.4 Å². The van der Waals surface area contributed by atoms with E-state index in [0.29, 0.717) is 30.2 Å². The number of amides is 2. The molecular weight excluding hydrogens is 335 g/mol. The number of halogens is 2. The zero-order valence-corrected chi connectivity index (χ0v) is 13.6. The molecule has 1 aliphatic rings. The number of carbonyl (C=O) groups is 2.